The highest BCUT2D eigenvalue weighted by molar-refractivity contribution is 9.10. The summed E-state index contributed by atoms with van der Waals surface area (Å²) in [7, 11) is 0. The summed E-state index contributed by atoms with van der Waals surface area (Å²) in [4.78, 5) is 19.2. The van der Waals surface area contributed by atoms with Crippen molar-refractivity contribution in [1.82, 2.24) is 10.9 Å². The Morgan fingerprint density at radius 1 is 0.956 bits per heavy atom. The summed E-state index contributed by atoms with van der Waals surface area (Å²) in [6.07, 6.45) is -4.76. The van der Waals surface area contributed by atoms with Crippen LogP contribution >= 0.6 is 15.9 Å². The highest BCUT2D eigenvalue weighted by atomic mass is 79.9. The summed E-state index contributed by atoms with van der Waals surface area (Å²) in [5.41, 5.74) is 5.13. The Morgan fingerprint density at radius 2 is 1.64 bits per heavy atom. The van der Waals surface area contributed by atoms with Gasteiger partial charge in [-0.25, -0.2) is 10.4 Å². The van der Waals surface area contributed by atoms with Crippen LogP contribution in [0.5, 0.6) is 5.75 Å². The molecular formula is C34H31BrF3N3O4. The van der Waals surface area contributed by atoms with Crippen molar-refractivity contribution < 1.29 is 32.5 Å². The molecule has 2 atom stereocenters. The quantitative estimate of drug-likeness (QED) is 0.117. The zero-order chi connectivity index (χ0) is 31.9. The largest absolute Gasteiger partial charge is 0.494 e. The summed E-state index contributed by atoms with van der Waals surface area (Å²) in [5, 5.41) is 9.02. The average Bonchev–Trinajstić information content (AvgIpc) is 3.43. The molecule has 0 fully saturated rings. The van der Waals surface area contributed by atoms with Crippen LogP contribution in [-0.2, 0) is 28.7 Å². The minimum atomic E-state index is -4.54. The second-order valence-electron chi connectivity index (χ2n) is 10.5. The van der Waals surface area contributed by atoms with Gasteiger partial charge in [-0.05, 0) is 59.2 Å². The Bertz CT molecular complexity index is 1620. The fraction of sp³-hybridized carbons (Fsp3) is 0.235. The van der Waals surface area contributed by atoms with E-state index in [4.69, 9.17) is 19.6 Å². The summed E-state index contributed by atoms with van der Waals surface area (Å²) >= 11 is 3.45. The molecule has 7 nitrogen and oxygen atoms in total. The summed E-state index contributed by atoms with van der Waals surface area (Å²) in [6.45, 7) is 0.122. The number of nitrogens with one attached hydrogen (secondary N) is 2. The molecule has 0 aliphatic carbocycles. The molecule has 3 N–H and O–H groups in total. The van der Waals surface area contributed by atoms with Gasteiger partial charge in [0.25, 0.3) is 5.91 Å². The van der Waals surface area contributed by atoms with Crippen LogP contribution in [0.25, 0.3) is 0 Å². The van der Waals surface area contributed by atoms with Crippen molar-refractivity contribution in [2.24, 2.45) is 4.99 Å². The van der Waals surface area contributed by atoms with E-state index >= 15 is 0 Å². The Balaban J connectivity index is 1.49. The lowest BCUT2D eigenvalue weighted by Gasteiger charge is -2.31. The van der Waals surface area contributed by atoms with Gasteiger partial charge in [0, 0.05) is 36.0 Å². The van der Waals surface area contributed by atoms with E-state index in [1.54, 1.807) is 24.3 Å². The van der Waals surface area contributed by atoms with E-state index in [9.17, 15) is 18.0 Å². The minimum absolute atomic E-state index is 0.0139. The number of carbonyl (C=O) groups is 1. The van der Waals surface area contributed by atoms with E-state index in [-0.39, 0.29) is 31.0 Å². The van der Waals surface area contributed by atoms with Gasteiger partial charge in [0.1, 0.15) is 5.75 Å². The van der Waals surface area contributed by atoms with Gasteiger partial charge in [-0.15, -0.1) is 0 Å². The van der Waals surface area contributed by atoms with Gasteiger partial charge in [-0.1, -0.05) is 76.6 Å². The first-order chi connectivity index (χ1) is 21.7. The third-order valence-electron chi connectivity index (χ3n) is 7.32. The molecule has 0 bridgehead atoms. The van der Waals surface area contributed by atoms with Gasteiger partial charge in [0.2, 0.25) is 5.90 Å². The molecule has 234 valence electrons. The fourth-order valence-corrected chi connectivity index (χ4v) is 5.37. The molecule has 0 spiro atoms. The molecule has 1 heterocycles. The lowest BCUT2D eigenvalue weighted by molar-refractivity contribution is -0.138. The van der Waals surface area contributed by atoms with Gasteiger partial charge in [-0.2, -0.15) is 13.2 Å². The maximum absolute atomic E-state index is 14.2. The molecule has 0 saturated carbocycles. The third-order valence-corrected chi connectivity index (χ3v) is 7.85. The summed E-state index contributed by atoms with van der Waals surface area (Å²) in [5.74, 6) is 0.274. The second-order valence-corrected chi connectivity index (χ2v) is 11.4. The van der Waals surface area contributed by atoms with Gasteiger partial charge >= 0.3 is 6.18 Å². The lowest BCUT2D eigenvalue weighted by atomic mass is 9.82. The molecule has 4 aromatic rings. The molecule has 1 amide bonds. The Hall–Kier alpha value is -4.19. The third kappa shape index (κ3) is 7.73. The van der Waals surface area contributed by atoms with Crippen molar-refractivity contribution in [1.29, 1.82) is 0 Å². The number of rotatable bonds is 12. The van der Waals surface area contributed by atoms with E-state index in [0.717, 1.165) is 16.1 Å². The van der Waals surface area contributed by atoms with Crippen LogP contribution in [0.1, 0.15) is 40.3 Å². The van der Waals surface area contributed by atoms with Crippen LogP contribution in [0.2, 0.25) is 0 Å². The van der Waals surface area contributed by atoms with Crippen molar-refractivity contribution in [3.05, 3.63) is 135 Å². The van der Waals surface area contributed by atoms with Crippen LogP contribution in [0, 0.1) is 0 Å². The summed E-state index contributed by atoms with van der Waals surface area (Å²) < 4.78 is 53.7. The van der Waals surface area contributed by atoms with E-state index < -0.39 is 29.3 Å². The zero-order valence-corrected chi connectivity index (χ0v) is 25.6. The molecular weight excluding hydrogens is 651 g/mol. The number of hydrogen-bond donors (Lipinski definition) is 3. The lowest BCUT2D eigenvalue weighted by Crippen LogP contribution is -2.53. The molecule has 0 unspecified atom stereocenters. The molecule has 11 heteroatoms. The number of aliphatic hydroxyl groups is 1. The van der Waals surface area contributed by atoms with E-state index in [0.29, 0.717) is 29.9 Å². The maximum atomic E-state index is 14.2. The van der Waals surface area contributed by atoms with Crippen molar-refractivity contribution >= 4 is 27.7 Å². The number of alkyl halides is 3. The van der Waals surface area contributed by atoms with Gasteiger partial charge < -0.3 is 14.6 Å². The normalized spacial score (nSPS) is 17.8. The van der Waals surface area contributed by atoms with Crippen LogP contribution in [0.4, 0.5) is 13.2 Å². The Kier molecular flexibility index (Phi) is 10.2. The number of aliphatic hydroxyl groups excluding tert-OH is 1. The first-order valence-electron chi connectivity index (χ1n) is 14.3. The number of hydrogen-bond acceptors (Lipinski definition) is 6. The van der Waals surface area contributed by atoms with Crippen LogP contribution in [0.3, 0.4) is 0 Å². The molecule has 4 aromatic carbocycles. The number of aliphatic imine (C=N–C) groups is 1. The molecule has 1 aliphatic heterocycles. The van der Waals surface area contributed by atoms with Crippen LogP contribution in [0.15, 0.2) is 113 Å². The van der Waals surface area contributed by atoms with Gasteiger partial charge in [-0.3, -0.25) is 10.2 Å². The molecule has 5 rings (SSSR count). The number of nitrogens with zero attached hydrogens (tertiary/aromatic N) is 1. The highest BCUT2D eigenvalue weighted by Gasteiger charge is 2.53. The Morgan fingerprint density at radius 3 is 2.33 bits per heavy atom. The number of halogens is 4. The highest BCUT2D eigenvalue weighted by Crippen LogP contribution is 2.42. The van der Waals surface area contributed by atoms with Crippen LogP contribution < -0.4 is 15.6 Å². The molecule has 45 heavy (non-hydrogen) atoms. The first-order valence-corrected chi connectivity index (χ1v) is 15.1. The monoisotopic (exact) mass is 681 g/mol. The van der Waals surface area contributed by atoms with E-state index in [1.165, 1.54) is 18.2 Å². The average molecular weight is 683 g/mol. The molecule has 0 radical (unpaired) electrons. The predicted molar refractivity (Wildman–Crippen MR) is 167 cm³/mol. The number of ether oxygens (including phenoxy) is 2. The minimum Gasteiger partial charge on any atom is -0.494 e. The smallest absolute Gasteiger partial charge is 0.416 e. The SMILES string of the molecule is O=C(NNCc1ccccc1C(F)(F)F)[C@@]1(Cc2ccc(Br)cc2)N=C(c2ccc(OCCCO)cc2)O[C@H]1c1ccccc1. The van der Waals surface area contributed by atoms with Gasteiger partial charge in [0.15, 0.2) is 11.6 Å². The molecule has 0 saturated heterocycles. The Labute approximate surface area is 267 Å². The number of amides is 1. The maximum Gasteiger partial charge on any atom is 0.416 e. The first kappa shape index (κ1) is 32.2. The molecule has 0 aromatic heterocycles. The van der Waals surface area contributed by atoms with Crippen molar-refractivity contribution in [2.75, 3.05) is 13.2 Å². The number of carbonyl (C=O) groups excluding carboxylic acids is 1. The second kappa shape index (κ2) is 14.3. The number of hydrazine groups is 1. The molecule has 1 aliphatic rings. The number of benzene rings is 4. The summed E-state index contributed by atoms with van der Waals surface area (Å²) in [6, 6.07) is 28.9. The van der Waals surface area contributed by atoms with Crippen molar-refractivity contribution in [3.63, 3.8) is 0 Å². The van der Waals surface area contributed by atoms with E-state index in [2.05, 4.69) is 26.8 Å². The standard InChI is InChI=1S/C34H31BrF3N3O4/c35-27-15-11-23(12-16-27)21-33(32(43)41-39-22-26-9-4-5-10-29(26)34(36,37)38)30(24-7-2-1-3-8-24)45-31(40-33)25-13-17-28(18-14-25)44-20-6-19-42/h1-5,7-18,30,39,42H,6,19-22H2,(H,41,43)/t30-,33-/m0/s1. The van der Waals surface area contributed by atoms with Crippen LogP contribution in [-0.4, -0.2) is 35.7 Å². The van der Waals surface area contributed by atoms with Crippen molar-refractivity contribution in [3.8, 4) is 5.75 Å². The van der Waals surface area contributed by atoms with Gasteiger partial charge in [0.05, 0.1) is 12.2 Å². The fourth-order valence-electron chi connectivity index (χ4n) is 5.10. The van der Waals surface area contributed by atoms with E-state index in [1.807, 2.05) is 54.6 Å². The predicted octanol–water partition coefficient (Wildman–Crippen LogP) is 6.55. The van der Waals surface area contributed by atoms with Crippen molar-refractivity contribution in [2.45, 2.75) is 37.2 Å². The topological polar surface area (TPSA) is 92.2 Å². The zero-order valence-electron chi connectivity index (χ0n) is 24.1.